The number of hydrogen-bond donors (Lipinski definition) is 1. The summed E-state index contributed by atoms with van der Waals surface area (Å²) in [5.41, 5.74) is 6.46. The Morgan fingerprint density at radius 1 is 1.19 bits per heavy atom. The van der Waals surface area contributed by atoms with Crippen molar-refractivity contribution in [1.29, 1.82) is 0 Å². The van der Waals surface area contributed by atoms with Gasteiger partial charge in [0.25, 0.3) is 0 Å². The van der Waals surface area contributed by atoms with Crippen LogP contribution in [0.25, 0.3) is 6.08 Å². The van der Waals surface area contributed by atoms with E-state index in [1.54, 1.807) is 0 Å². The predicted octanol–water partition coefficient (Wildman–Crippen LogP) is 1.27. The molecule has 112 valence electrons. The predicted molar refractivity (Wildman–Crippen MR) is 79.9 cm³/mol. The molecule has 1 unspecified atom stereocenters. The standard InChI is InChI=1S/C16H20N2O3/c17-6-8-18-7-5-16(11-18)4-3-12-1-2-13-15(14(12)21-16)20-10-9-19-13/h1-4H,5-11,17H2. The summed E-state index contributed by atoms with van der Waals surface area (Å²) in [6.07, 6.45) is 5.30. The van der Waals surface area contributed by atoms with Crippen LogP contribution in [0.4, 0.5) is 0 Å². The molecule has 1 aromatic rings. The van der Waals surface area contributed by atoms with E-state index in [-0.39, 0.29) is 5.60 Å². The van der Waals surface area contributed by atoms with Crippen molar-refractivity contribution in [3.63, 3.8) is 0 Å². The molecule has 4 rings (SSSR count). The van der Waals surface area contributed by atoms with Gasteiger partial charge in [0, 0.05) is 38.2 Å². The highest BCUT2D eigenvalue weighted by atomic mass is 16.6. The Morgan fingerprint density at radius 2 is 2.10 bits per heavy atom. The van der Waals surface area contributed by atoms with Crippen LogP contribution in [0.5, 0.6) is 17.2 Å². The summed E-state index contributed by atoms with van der Waals surface area (Å²) >= 11 is 0. The van der Waals surface area contributed by atoms with Crippen molar-refractivity contribution >= 4 is 6.08 Å². The average molecular weight is 288 g/mol. The Balaban J connectivity index is 1.65. The minimum absolute atomic E-state index is 0.252. The van der Waals surface area contributed by atoms with Crippen molar-refractivity contribution in [3.8, 4) is 17.2 Å². The molecule has 1 atom stereocenters. The Bertz CT molecular complexity index is 587. The van der Waals surface area contributed by atoms with E-state index in [4.69, 9.17) is 19.9 Å². The molecular formula is C16H20N2O3. The molecule has 0 saturated carbocycles. The van der Waals surface area contributed by atoms with Crippen molar-refractivity contribution < 1.29 is 14.2 Å². The second-order valence-electron chi connectivity index (χ2n) is 5.82. The van der Waals surface area contributed by atoms with Crippen LogP contribution in [-0.4, -0.2) is 49.9 Å². The highest BCUT2D eigenvalue weighted by molar-refractivity contribution is 5.69. The fourth-order valence-electron chi connectivity index (χ4n) is 3.30. The van der Waals surface area contributed by atoms with Gasteiger partial charge in [-0.2, -0.15) is 0 Å². The molecule has 5 nitrogen and oxygen atoms in total. The van der Waals surface area contributed by atoms with Crippen molar-refractivity contribution in [1.82, 2.24) is 4.90 Å². The molecule has 3 heterocycles. The fraction of sp³-hybridized carbons (Fsp3) is 0.500. The number of benzene rings is 1. The van der Waals surface area contributed by atoms with E-state index in [0.29, 0.717) is 19.8 Å². The molecule has 2 N–H and O–H groups in total. The molecule has 1 aromatic carbocycles. The lowest BCUT2D eigenvalue weighted by atomic mass is 9.97. The van der Waals surface area contributed by atoms with Crippen LogP contribution in [0, 0.1) is 0 Å². The zero-order valence-corrected chi connectivity index (χ0v) is 12.0. The Kier molecular flexibility index (Phi) is 3.05. The molecule has 0 amide bonds. The number of likely N-dealkylation sites (tertiary alicyclic amines) is 1. The lowest BCUT2D eigenvalue weighted by Gasteiger charge is -2.33. The van der Waals surface area contributed by atoms with Gasteiger partial charge in [-0.15, -0.1) is 0 Å². The highest BCUT2D eigenvalue weighted by Crippen LogP contribution is 2.47. The summed E-state index contributed by atoms with van der Waals surface area (Å²) < 4.78 is 17.8. The number of nitrogens with zero attached hydrogens (tertiary/aromatic N) is 1. The van der Waals surface area contributed by atoms with Gasteiger partial charge in [0.15, 0.2) is 11.5 Å². The molecule has 3 aliphatic rings. The highest BCUT2D eigenvalue weighted by Gasteiger charge is 2.41. The normalized spacial score (nSPS) is 26.7. The van der Waals surface area contributed by atoms with Crippen molar-refractivity contribution in [2.45, 2.75) is 12.0 Å². The lowest BCUT2D eigenvalue weighted by molar-refractivity contribution is 0.106. The van der Waals surface area contributed by atoms with Crippen LogP contribution >= 0.6 is 0 Å². The van der Waals surface area contributed by atoms with Gasteiger partial charge in [0.1, 0.15) is 18.8 Å². The molecule has 5 heteroatoms. The quantitative estimate of drug-likeness (QED) is 0.888. The van der Waals surface area contributed by atoms with Crippen LogP contribution in [0.2, 0.25) is 0 Å². The maximum Gasteiger partial charge on any atom is 0.204 e. The SMILES string of the molecule is NCCN1CCC2(C=Cc3ccc4c(c3O2)OCCO4)C1. The van der Waals surface area contributed by atoms with Gasteiger partial charge in [-0.1, -0.05) is 6.08 Å². The van der Waals surface area contributed by atoms with Crippen LogP contribution < -0.4 is 19.9 Å². The van der Waals surface area contributed by atoms with E-state index in [9.17, 15) is 0 Å². The van der Waals surface area contributed by atoms with Gasteiger partial charge in [-0.25, -0.2) is 0 Å². The molecule has 0 aliphatic carbocycles. The number of rotatable bonds is 2. The molecular weight excluding hydrogens is 268 g/mol. The first-order chi connectivity index (χ1) is 10.3. The number of ether oxygens (including phenoxy) is 3. The number of nitrogens with two attached hydrogens (primary N) is 1. The van der Waals surface area contributed by atoms with Crippen LogP contribution in [0.15, 0.2) is 18.2 Å². The molecule has 21 heavy (non-hydrogen) atoms. The van der Waals surface area contributed by atoms with Crippen molar-refractivity contribution in [2.24, 2.45) is 5.73 Å². The topological polar surface area (TPSA) is 57.0 Å². The third-order valence-corrected chi connectivity index (χ3v) is 4.35. The summed E-state index contributed by atoms with van der Waals surface area (Å²) in [7, 11) is 0. The first kappa shape index (κ1) is 13.0. The van der Waals surface area contributed by atoms with Crippen molar-refractivity contribution in [3.05, 3.63) is 23.8 Å². The number of fused-ring (bicyclic) bond motifs is 3. The lowest BCUT2D eigenvalue weighted by Crippen LogP contribution is -2.40. The zero-order valence-electron chi connectivity index (χ0n) is 12.0. The second-order valence-corrected chi connectivity index (χ2v) is 5.82. The minimum Gasteiger partial charge on any atom is -0.486 e. The molecule has 0 aromatic heterocycles. The van der Waals surface area contributed by atoms with E-state index < -0.39 is 0 Å². The second kappa shape index (κ2) is 4.93. The Hall–Kier alpha value is -1.72. The molecule has 1 fully saturated rings. The molecule has 3 aliphatic heterocycles. The monoisotopic (exact) mass is 288 g/mol. The van der Waals surface area contributed by atoms with Crippen LogP contribution in [0.1, 0.15) is 12.0 Å². The summed E-state index contributed by atoms with van der Waals surface area (Å²) in [6.45, 7) is 4.66. The van der Waals surface area contributed by atoms with Gasteiger partial charge < -0.3 is 19.9 Å². The first-order valence-electron chi connectivity index (χ1n) is 7.53. The van der Waals surface area contributed by atoms with Crippen LogP contribution in [-0.2, 0) is 0 Å². The first-order valence-corrected chi connectivity index (χ1v) is 7.53. The summed E-state index contributed by atoms with van der Waals surface area (Å²) in [5, 5.41) is 0. The molecule has 1 saturated heterocycles. The van der Waals surface area contributed by atoms with E-state index in [1.807, 2.05) is 12.1 Å². The smallest absolute Gasteiger partial charge is 0.204 e. The minimum atomic E-state index is -0.252. The third kappa shape index (κ3) is 2.17. The zero-order chi connectivity index (χ0) is 14.3. The summed E-state index contributed by atoms with van der Waals surface area (Å²) in [5.74, 6) is 2.35. The Labute approximate surface area is 124 Å². The van der Waals surface area contributed by atoms with Crippen LogP contribution in [0.3, 0.4) is 0 Å². The maximum atomic E-state index is 6.38. The van der Waals surface area contributed by atoms with Crippen molar-refractivity contribution in [2.75, 3.05) is 39.4 Å². The van der Waals surface area contributed by atoms with Gasteiger partial charge in [-0.3, -0.25) is 4.90 Å². The number of hydrogen-bond acceptors (Lipinski definition) is 5. The molecule has 0 bridgehead atoms. The third-order valence-electron chi connectivity index (χ3n) is 4.35. The molecule has 0 radical (unpaired) electrons. The summed E-state index contributed by atoms with van der Waals surface area (Å²) in [6, 6.07) is 3.98. The van der Waals surface area contributed by atoms with E-state index in [1.165, 1.54) is 0 Å². The van der Waals surface area contributed by atoms with E-state index >= 15 is 0 Å². The molecule has 1 spiro atoms. The maximum absolute atomic E-state index is 6.38. The van der Waals surface area contributed by atoms with Gasteiger partial charge in [0.05, 0.1) is 0 Å². The Morgan fingerprint density at radius 3 is 3.00 bits per heavy atom. The van der Waals surface area contributed by atoms with Gasteiger partial charge in [-0.05, 0) is 18.2 Å². The largest absolute Gasteiger partial charge is 0.486 e. The fourth-order valence-corrected chi connectivity index (χ4v) is 3.30. The average Bonchev–Trinajstić information content (AvgIpc) is 2.90. The van der Waals surface area contributed by atoms with Gasteiger partial charge in [0.2, 0.25) is 5.75 Å². The van der Waals surface area contributed by atoms with Gasteiger partial charge >= 0.3 is 0 Å². The summed E-state index contributed by atoms with van der Waals surface area (Å²) in [4.78, 5) is 2.35. The van der Waals surface area contributed by atoms with E-state index in [2.05, 4.69) is 17.1 Å². The van der Waals surface area contributed by atoms with E-state index in [0.717, 1.165) is 48.9 Å².